The fourth-order valence-corrected chi connectivity index (χ4v) is 1.84. The molecule has 0 spiro atoms. The summed E-state index contributed by atoms with van der Waals surface area (Å²) in [5.74, 6) is 0.0951. The van der Waals surface area contributed by atoms with Gasteiger partial charge in [-0.25, -0.2) is 9.97 Å². The van der Waals surface area contributed by atoms with Crippen LogP contribution in [-0.4, -0.2) is 21.9 Å². The summed E-state index contributed by atoms with van der Waals surface area (Å²) >= 11 is 0. The Labute approximate surface area is 121 Å². The van der Waals surface area contributed by atoms with E-state index in [0.717, 1.165) is 12.8 Å². The first-order valence-corrected chi connectivity index (χ1v) is 6.66. The minimum atomic E-state index is -0.198. The summed E-state index contributed by atoms with van der Waals surface area (Å²) in [6, 6.07) is 11.0. The number of amides is 1. The first-order chi connectivity index (χ1) is 10.3. The molecule has 21 heavy (non-hydrogen) atoms. The number of benzene rings is 1. The third-order valence-electron chi connectivity index (χ3n) is 3.09. The highest BCUT2D eigenvalue weighted by Crippen LogP contribution is 2.20. The van der Waals surface area contributed by atoms with Gasteiger partial charge in [0, 0.05) is 12.2 Å². The lowest BCUT2D eigenvalue weighted by atomic mass is 10.2. The molecule has 1 heterocycles. The van der Waals surface area contributed by atoms with Crippen LogP contribution >= 0.6 is 0 Å². The van der Waals surface area contributed by atoms with Crippen LogP contribution < -0.4 is 10.6 Å². The van der Waals surface area contributed by atoms with Gasteiger partial charge in [-0.05, 0) is 31.0 Å². The Balaban J connectivity index is 1.79. The molecule has 0 saturated heterocycles. The summed E-state index contributed by atoms with van der Waals surface area (Å²) in [6.07, 6.45) is 3.57. The minimum Gasteiger partial charge on any atom is -0.348 e. The quantitative estimate of drug-likeness (QED) is 0.893. The van der Waals surface area contributed by atoms with E-state index in [9.17, 15) is 4.79 Å². The van der Waals surface area contributed by atoms with E-state index in [-0.39, 0.29) is 11.9 Å². The van der Waals surface area contributed by atoms with E-state index in [4.69, 9.17) is 5.26 Å². The fourth-order valence-electron chi connectivity index (χ4n) is 1.84. The summed E-state index contributed by atoms with van der Waals surface area (Å²) in [7, 11) is 0. The lowest BCUT2D eigenvalue weighted by Crippen LogP contribution is -2.26. The van der Waals surface area contributed by atoms with Crippen LogP contribution in [0.25, 0.3) is 0 Å². The van der Waals surface area contributed by atoms with Crippen molar-refractivity contribution >= 4 is 17.5 Å². The second kappa shape index (κ2) is 5.59. The van der Waals surface area contributed by atoms with E-state index in [1.54, 1.807) is 24.3 Å². The molecule has 0 bridgehead atoms. The van der Waals surface area contributed by atoms with Crippen molar-refractivity contribution in [2.75, 3.05) is 5.32 Å². The topological polar surface area (TPSA) is 90.7 Å². The summed E-state index contributed by atoms with van der Waals surface area (Å²) in [5, 5.41) is 14.9. The second-order valence-electron chi connectivity index (χ2n) is 4.80. The summed E-state index contributed by atoms with van der Waals surface area (Å²) in [5.41, 5.74) is 1.42. The maximum absolute atomic E-state index is 11.9. The number of hydrogen-bond donors (Lipinski definition) is 2. The number of para-hydroxylation sites is 1. The maximum atomic E-state index is 11.9. The van der Waals surface area contributed by atoms with Crippen molar-refractivity contribution in [3.63, 3.8) is 0 Å². The zero-order chi connectivity index (χ0) is 14.7. The molecule has 2 N–H and O–H groups in total. The zero-order valence-electron chi connectivity index (χ0n) is 11.2. The summed E-state index contributed by atoms with van der Waals surface area (Å²) in [6.45, 7) is 0. The lowest BCUT2D eigenvalue weighted by molar-refractivity contribution is 0.0946. The number of nitriles is 1. The predicted octanol–water partition coefficient (Wildman–Crippen LogP) is 1.98. The third-order valence-corrected chi connectivity index (χ3v) is 3.09. The average molecular weight is 279 g/mol. The molecular formula is C15H13N5O. The van der Waals surface area contributed by atoms with Crippen molar-refractivity contribution in [3.05, 3.63) is 47.8 Å². The Kier molecular flexibility index (Phi) is 3.48. The molecule has 1 fully saturated rings. The Morgan fingerprint density at radius 2 is 2.10 bits per heavy atom. The predicted molar refractivity (Wildman–Crippen MR) is 77.0 cm³/mol. The number of anilines is 2. The molecule has 6 heteroatoms. The minimum absolute atomic E-state index is 0.198. The van der Waals surface area contributed by atoms with Gasteiger partial charge in [0.15, 0.2) is 0 Å². The van der Waals surface area contributed by atoms with Crippen LogP contribution in [-0.2, 0) is 0 Å². The van der Waals surface area contributed by atoms with Gasteiger partial charge < -0.3 is 10.6 Å². The standard InChI is InChI=1S/C15H13N5O/c16-9-10-3-1-2-4-12(10)19-15-17-8-7-13(20-15)14(21)18-11-5-6-11/h1-4,7-8,11H,5-6H2,(H,18,21)(H,17,19,20). The number of nitrogens with zero attached hydrogens (tertiary/aromatic N) is 3. The van der Waals surface area contributed by atoms with Crippen molar-refractivity contribution in [1.29, 1.82) is 5.26 Å². The number of rotatable bonds is 4. The van der Waals surface area contributed by atoms with Crippen LogP contribution in [0, 0.1) is 11.3 Å². The molecule has 0 unspecified atom stereocenters. The molecule has 1 aromatic carbocycles. The molecule has 6 nitrogen and oxygen atoms in total. The van der Waals surface area contributed by atoms with Gasteiger partial charge in [-0.15, -0.1) is 0 Å². The van der Waals surface area contributed by atoms with E-state index in [1.807, 2.05) is 6.07 Å². The van der Waals surface area contributed by atoms with Gasteiger partial charge in [0.25, 0.3) is 5.91 Å². The first-order valence-electron chi connectivity index (χ1n) is 6.66. The largest absolute Gasteiger partial charge is 0.348 e. The molecule has 1 aromatic heterocycles. The van der Waals surface area contributed by atoms with Gasteiger partial charge in [-0.3, -0.25) is 4.79 Å². The zero-order valence-corrected chi connectivity index (χ0v) is 11.2. The molecule has 2 aromatic rings. The van der Waals surface area contributed by atoms with Crippen molar-refractivity contribution < 1.29 is 4.79 Å². The molecular weight excluding hydrogens is 266 g/mol. The Morgan fingerprint density at radius 1 is 1.29 bits per heavy atom. The van der Waals surface area contributed by atoms with E-state index in [0.29, 0.717) is 22.9 Å². The summed E-state index contributed by atoms with van der Waals surface area (Å²) in [4.78, 5) is 20.2. The van der Waals surface area contributed by atoms with Crippen molar-refractivity contribution in [3.8, 4) is 6.07 Å². The van der Waals surface area contributed by atoms with Crippen LogP contribution in [0.3, 0.4) is 0 Å². The number of nitrogens with one attached hydrogen (secondary N) is 2. The molecule has 0 radical (unpaired) electrons. The van der Waals surface area contributed by atoms with Gasteiger partial charge in [0.1, 0.15) is 11.8 Å². The number of aromatic nitrogens is 2. The normalized spacial score (nSPS) is 13.3. The van der Waals surface area contributed by atoms with Gasteiger partial charge >= 0.3 is 0 Å². The Hall–Kier alpha value is -2.94. The molecule has 0 aliphatic heterocycles. The van der Waals surface area contributed by atoms with Crippen LogP contribution in [0.2, 0.25) is 0 Å². The van der Waals surface area contributed by atoms with E-state index in [2.05, 4.69) is 26.7 Å². The lowest BCUT2D eigenvalue weighted by Gasteiger charge is -2.07. The van der Waals surface area contributed by atoms with Crippen LogP contribution in [0.15, 0.2) is 36.5 Å². The van der Waals surface area contributed by atoms with E-state index < -0.39 is 0 Å². The van der Waals surface area contributed by atoms with Crippen LogP contribution in [0.5, 0.6) is 0 Å². The fraction of sp³-hybridized carbons (Fsp3) is 0.200. The maximum Gasteiger partial charge on any atom is 0.270 e. The molecule has 3 rings (SSSR count). The van der Waals surface area contributed by atoms with E-state index >= 15 is 0 Å². The third kappa shape index (κ3) is 3.15. The highest BCUT2D eigenvalue weighted by molar-refractivity contribution is 5.92. The SMILES string of the molecule is N#Cc1ccccc1Nc1nccc(C(=O)NC2CC2)n1. The smallest absolute Gasteiger partial charge is 0.270 e. The van der Waals surface area contributed by atoms with Gasteiger partial charge in [0.05, 0.1) is 11.3 Å². The molecule has 1 aliphatic carbocycles. The van der Waals surface area contributed by atoms with Crippen molar-refractivity contribution in [2.45, 2.75) is 18.9 Å². The van der Waals surface area contributed by atoms with Crippen molar-refractivity contribution in [2.24, 2.45) is 0 Å². The Bertz CT molecular complexity index is 718. The van der Waals surface area contributed by atoms with Crippen LogP contribution in [0.4, 0.5) is 11.6 Å². The van der Waals surface area contributed by atoms with Gasteiger partial charge in [0.2, 0.25) is 5.95 Å². The van der Waals surface area contributed by atoms with Crippen LogP contribution in [0.1, 0.15) is 28.9 Å². The van der Waals surface area contributed by atoms with Gasteiger partial charge in [-0.2, -0.15) is 5.26 Å². The second-order valence-corrected chi connectivity index (χ2v) is 4.80. The van der Waals surface area contributed by atoms with Crippen molar-refractivity contribution in [1.82, 2.24) is 15.3 Å². The Morgan fingerprint density at radius 3 is 2.86 bits per heavy atom. The highest BCUT2D eigenvalue weighted by Gasteiger charge is 2.24. The molecule has 1 aliphatic rings. The molecule has 104 valence electrons. The molecule has 1 amide bonds. The monoisotopic (exact) mass is 279 g/mol. The number of hydrogen-bond acceptors (Lipinski definition) is 5. The van der Waals surface area contributed by atoms with E-state index in [1.165, 1.54) is 6.20 Å². The molecule has 0 atom stereocenters. The van der Waals surface area contributed by atoms with Gasteiger partial charge in [-0.1, -0.05) is 12.1 Å². The number of carbonyl (C=O) groups is 1. The number of carbonyl (C=O) groups excluding carboxylic acids is 1. The highest BCUT2D eigenvalue weighted by atomic mass is 16.2. The molecule has 1 saturated carbocycles. The first kappa shape index (κ1) is 13.1. The summed E-state index contributed by atoms with van der Waals surface area (Å²) < 4.78 is 0. The average Bonchev–Trinajstić information content (AvgIpc) is 3.32.